The summed E-state index contributed by atoms with van der Waals surface area (Å²) in [5.41, 5.74) is 9.05. The Morgan fingerprint density at radius 1 is 0.471 bits per heavy atom. The number of fused-ring (bicyclic) bond motifs is 8. The quantitative estimate of drug-likeness (QED) is 0.106. The number of ether oxygens (including phenoxy) is 2. The number of rotatable bonds is 10. The summed E-state index contributed by atoms with van der Waals surface area (Å²) in [6.07, 6.45) is 4.29. The van der Waals surface area contributed by atoms with Gasteiger partial charge in [0.25, 0.3) is 11.8 Å². The van der Waals surface area contributed by atoms with E-state index in [-0.39, 0.29) is 97.0 Å². The van der Waals surface area contributed by atoms with E-state index in [0.717, 1.165) is 44.5 Å². The van der Waals surface area contributed by atoms with Crippen LogP contribution in [0, 0.1) is 0 Å². The van der Waals surface area contributed by atoms with Crippen molar-refractivity contribution in [2.75, 3.05) is 13.2 Å². The minimum Gasteiger partial charge on any atom is -0.507 e. The van der Waals surface area contributed by atoms with Crippen molar-refractivity contribution >= 4 is 11.8 Å². The Labute approximate surface area is 402 Å². The third kappa shape index (κ3) is 11.8. The van der Waals surface area contributed by atoms with Gasteiger partial charge in [-0.05, 0) is 113 Å². The van der Waals surface area contributed by atoms with Gasteiger partial charge in [0.15, 0.2) is 13.2 Å². The fourth-order valence-corrected chi connectivity index (χ4v) is 8.59. The number of carbonyl (C=O) groups excluding carboxylic acids is 2. The summed E-state index contributed by atoms with van der Waals surface area (Å²) >= 11 is 0. The summed E-state index contributed by atoms with van der Waals surface area (Å²) in [6.45, 7) is 25.9. The Hall–Kier alpha value is -6.42. The Morgan fingerprint density at radius 2 is 0.735 bits per heavy atom. The van der Waals surface area contributed by atoms with E-state index < -0.39 is 0 Å². The molecule has 2 heterocycles. The monoisotopic (exact) mass is 923 g/mol. The van der Waals surface area contributed by atoms with Crippen molar-refractivity contribution in [3.05, 3.63) is 164 Å². The highest BCUT2D eigenvalue weighted by atomic mass is 16.5. The lowest BCUT2D eigenvalue weighted by Gasteiger charge is -2.28. The first-order valence-electron chi connectivity index (χ1n) is 23.7. The molecular formula is C58H70N2O8. The molecule has 0 saturated heterocycles. The van der Waals surface area contributed by atoms with Crippen LogP contribution in [0.1, 0.15) is 161 Å². The highest BCUT2D eigenvalue weighted by Gasteiger charge is 2.29. The number of furan rings is 2. The lowest BCUT2D eigenvalue weighted by Crippen LogP contribution is -2.28. The van der Waals surface area contributed by atoms with E-state index in [0.29, 0.717) is 45.3 Å². The van der Waals surface area contributed by atoms with Crippen LogP contribution in [-0.2, 0) is 70.0 Å². The maximum Gasteiger partial charge on any atom is 0.258 e. The van der Waals surface area contributed by atoms with E-state index in [1.807, 2.05) is 0 Å². The van der Waals surface area contributed by atoms with E-state index in [1.165, 1.54) is 0 Å². The molecule has 68 heavy (non-hydrogen) atoms. The minimum atomic E-state index is -0.316. The van der Waals surface area contributed by atoms with Gasteiger partial charge >= 0.3 is 0 Å². The fraction of sp³-hybridized carbons (Fsp3) is 0.414. The zero-order valence-corrected chi connectivity index (χ0v) is 42.1. The predicted octanol–water partition coefficient (Wildman–Crippen LogP) is 11.5. The first-order valence-corrected chi connectivity index (χ1v) is 23.7. The number of nitrogens with one attached hydrogen (secondary N) is 2. The number of hydrogen-bond acceptors (Lipinski definition) is 8. The molecule has 8 bridgehead atoms. The van der Waals surface area contributed by atoms with Crippen molar-refractivity contribution < 1.29 is 38.1 Å². The molecule has 0 saturated carbocycles. The van der Waals surface area contributed by atoms with Crippen LogP contribution in [0.15, 0.2) is 94.2 Å². The zero-order valence-electron chi connectivity index (χ0n) is 42.1. The SMILES string of the molecule is CC(C)(C)c1cc2c(O)c(c1)Cc1cc(C(C)(C)C)cc(c1OCC(=O)NCc1ccco1)Cc1cc(C(C)(C)C)cc(c1O)Cc1cc(C(C)(C)C)cc(c1OCC(=O)NCc1ccco1)C2. The normalized spacial score (nSPS) is 13.2. The van der Waals surface area contributed by atoms with Gasteiger partial charge < -0.3 is 39.2 Å². The minimum absolute atomic E-state index is 0.150. The van der Waals surface area contributed by atoms with Crippen molar-refractivity contribution in [3.8, 4) is 23.0 Å². The van der Waals surface area contributed by atoms with E-state index in [4.69, 9.17) is 18.3 Å². The summed E-state index contributed by atoms with van der Waals surface area (Å²) < 4.78 is 24.2. The lowest BCUT2D eigenvalue weighted by atomic mass is 9.79. The largest absolute Gasteiger partial charge is 0.507 e. The van der Waals surface area contributed by atoms with Crippen LogP contribution in [0.25, 0.3) is 0 Å². The number of aromatic hydroxyl groups is 2. The van der Waals surface area contributed by atoms with E-state index in [2.05, 4.69) is 142 Å². The first kappa shape index (κ1) is 49.5. The molecule has 0 aliphatic heterocycles. The van der Waals surface area contributed by atoms with Crippen LogP contribution in [-0.4, -0.2) is 35.2 Å². The summed E-state index contributed by atoms with van der Waals surface area (Å²) in [4.78, 5) is 26.9. The van der Waals surface area contributed by atoms with Crippen molar-refractivity contribution in [3.63, 3.8) is 0 Å². The maximum absolute atomic E-state index is 13.5. The zero-order chi connectivity index (χ0) is 49.3. The molecule has 0 atom stereocenters. The standard InChI is InChI=1S/C58H70N2O8/c1-55(2,3)43-23-35-19-39-27-45(57(7,8)9)29-41(53(39)67-33-49(61)59-31-47-15-13-17-65-47)21-37-25-44(56(4,5)6)26-38(52(37)64)22-42-30-46(58(10,11)12)28-40(20-36(24-43)51(35)63)54(42)68-34-50(62)60-32-48-16-14-18-66-48/h13-18,23-30,63-64H,19-22,31-34H2,1-12H3,(H,59,61)(H,60,62). The summed E-state index contributed by atoms with van der Waals surface area (Å²) in [7, 11) is 0. The van der Waals surface area contributed by atoms with Gasteiger partial charge in [-0.15, -0.1) is 0 Å². The molecule has 6 aromatic rings. The highest BCUT2D eigenvalue weighted by Crippen LogP contribution is 2.44. The lowest BCUT2D eigenvalue weighted by molar-refractivity contribution is -0.124. The van der Waals surface area contributed by atoms with E-state index in [9.17, 15) is 19.8 Å². The van der Waals surface area contributed by atoms with Crippen LogP contribution in [0.2, 0.25) is 0 Å². The number of phenolic OH excluding ortho intramolecular Hbond substituents is 2. The Balaban J connectivity index is 1.46. The second-order valence-corrected chi connectivity index (χ2v) is 22.5. The van der Waals surface area contributed by atoms with Crippen molar-refractivity contribution in [1.29, 1.82) is 0 Å². The molecule has 360 valence electrons. The molecule has 0 unspecified atom stereocenters. The number of hydrogen-bond donors (Lipinski definition) is 4. The summed E-state index contributed by atoms with van der Waals surface area (Å²) in [5.74, 6) is 1.99. The molecule has 4 aromatic carbocycles. The van der Waals surface area contributed by atoms with E-state index >= 15 is 0 Å². The third-order valence-electron chi connectivity index (χ3n) is 12.8. The summed E-state index contributed by atoms with van der Waals surface area (Å²) in [5, 5.41) is 31.0. The molecule has 0 fully saturated rings. The van der Waals surface area contributed by atoms with Crippen molar-refractivity contribution in [1.82, 2.24) is 10.6 Å². The van der Waals surface area contributed by atoms with Crippen LogP contribution in [0.4, 0.5) is 0 Å². The molecule has 10 nitrogen and oxygen atoms in total. The van der Waals surface area contributed by atoms with Gasteiger partial charge in [-0.25, -0.2) is 0 Å². The van der Waals surface area contributed by atoms with E-state index in [1.54, 1.807) is 36.8 Å². The Kier molecular flexibility index (Phi) is 14.0. The number of amides is 2. The van der Waals surface area contributed by atoms with Crippen LogP contribution in [0.3, 0.4) is 0 Å². The van der Waals surface area contributed by atoms with Crippen molar-refractivity contribution in [2.24, 2.45) is 0 Å². The van der Waals surface area contributed by atoms with Gasteiger partial charge in [0.1, 0.15) is 34.5 Å². The Morgan fingerprint density at radius 3 is 0.971 bits per heavy atom. The molecule has 7 rings (SSSR count). The topological polar surface area (TPSA) is 143 Å². The predicted molar refractivity (Wildman–Crippen MR) is 267 cm³/mol. The molecule has 2 amide bonds. The smallest absolute Gasteiger partial charge is 0.258 e. The molecule has 0 radical (unpaired) electrons. The molecule has 10 heteroatoms. The van der Waals surface area contributed by atoms with Gasteiger partial charge in [-0.1, -0.05) is 132 Å². The second-order valence-electron chi connectivity index (χ2n) is 22.5. The third-order valence-corrected chi connectivity index (χ3v) is 12.8. The van der Waals surface area contributed by atoms with Gasteiger partial charge in [-0.2, -0.15) is 0 Å². The number of phenols is 2. The van der Waals surface area contributed by atoms with Crippen LogP contribution < -0.4 is 20.1 Å². The first-order chi connectivity index (χ1) is 31.8. The number of carbonyl (C=O) groups is 2. The van der Waals surface area contributed by atoms with Gasteiger partial charge in [-0.3, -0.25) is 9.59 Å². The van der Waals surface area contributed by atoms with Crippen LogP contribution in [0.5, 0.6) is 23.0 Å². The van der Waals surface area contributed by atoms with Gasteiger partial charge in [0, 0.05) is 25.7 Å². The molecule has 1 aliphatic rings. The molecule has 2 aromatic heterocycles. The highest BCUT2D eigenvalue weighted by molar-refractivity contribution is 5.78. The van der Waals surface area contributed by atoms with Gasteiger partial charge in [0.05, 0.1) is 25.6 Å². The maximum atomic E-state index is 13.5. The van der Waals surface area contributed by atoms with Gasteiger partial charge in [0.2, 0.25) is 0 Å². The summed E-state index contributed by atoms with van der Waals surface area (Å²) in [6, 6.07) is 24.0. The number of benzene rings is 4. The van der Waals surface area contributed by atoms with Crippen LogP contribution >= 0.6 is 0 Å². The average Bonchev–Trinajstić information content (AvgIpc) is 3.97. The fourth-order valence-electron chi connectivity index (χ4n) is 8.59. The van der Waals surface area contributed by atoms with Crippen molar-refractivity contribution in [2.45, 2.75) is 144 Å². The second kappa shape index (κ2) is 19.3. The molecular weight excluding hydrogens is 853 g/mol. The average molecular weight is 923 g/mol. The molecule has 4 N–H and O–H groups in total. The Bertz CT molecular complexity index is 2480. The molecule has 0 spiro atoms. The molecule has 1 aliphatic carbocycles.